The lowest BCUT2D eigenvalue weighted by Crippen LogP contribution is -2.31. The summed E-state index contributed by atoms with van der Waals surface area (Å²) in [6.07, 6.45) is 0.634. The molecule has 0 saturated heterocycles. The van der Waals surface area contributed by atoms with Crippen LogP contribution in [0.1, 0.15) is 23.6 Å². The first kappa shape index (κ1) is 13.6. The van der Waals surface area contributed by atoms with E-state index in [1.54, 1.807) is 0 Å². The highest BCUT2D eigenvalue weighted by atomic mass is 35.5. The number of urea groups is 1. The van der Waals surface area contributed by atoms with Crippen molar-refractivity contribution < 1.29 is 4.79 Å². The van der Waals surface area contributed by atoms with Crippen LogP contribution in [0.2, 0.25) is 5.02 Å². The number of hydrazone groups is 1. The van der Waals surface area contributed by atoms with E-state index in [9.17, 15) is 4.79 Å². The summed E-state index contributed by atoms with van der Waals surface area (Å²) in [5, 5.41) is 6.39. The number of halogens is 1. The van der Waals surface area contributed by atoms with Crippen LogP contribution in [-0.2, 0) is 0 Å². The third-order valence-corrected chi connectivity index (χ3v) is 3.75. The van der Waals surface area contributed by atoms with Crippen molar-refractivity contribution in [2.24, 2.45) is 10.8 Å². The number of hydrogen-bond donors (Lipinski definition) is 1. The normalized spacial score (nSPS) is 17.7. The molecule has 0 fully saturated rings. The van der Waals surface area contributed by atoms with Crippen molar-refractivity contribution in [2.45, 2.75) is 12.5 Å². The van der Waals surface area contributed by atoms with Gasteiger partial charge in [-0.15, -0.1) is 0 Å². The molecule has 106 valence electrons. The molecule has 0 radical (unpaired) electrons. The van der Waals surface area contributed by atoms with Gasteiger partial charge < -0.3 is 5.73 Å². The number of primary amides is 1. The van der Waals surface area contributed by atoms with Gasteiger partial charge in [0, 0.05) is 11.4 Å². The number of rotatable bonds is 2. The second-order valence-corrected chi connectivity index (χ2v) is 5.30. The van der Waals surface area contributed by atoms with E-state index in [0.29, 0.717) is 11.4 Å². The molecule has 2 amide bonds. The Kier molecular flexibility index (Phi) is 3.62. The Labute approximate surface area is 127 Å². The van der Waals surface area contributed by atoms with Gasteiger partial charge in [-0.3, -0.25) is 0 Å². The van der Waals surface area contributed by atoms with Crippen LogP contribution < -0.4 is 5.73 Å². The summed E-state index contributed by atoms with van der Waals surface area (Å²) in [7, 11) is 0. The molecule has 0 aromatic heterocycles. The summed E-state index contributed by atoms with van der Waals surface area (Å²) in [6, 6.07) is 16.5. The van der Waals surface area contributed by atoms with Gasteiger partial charge in [-0.25, -0.2) is 9.80 Å². The predicted molar refractivity (Wildman–Crippen MR) is 83.2 cm³/mol. The topological polar surface area (TPSA) is 58.7 Å². The number of carbonyl (C=O) groups excluding carboxylic acids is 1. The molecule has 5 heteroatoms. The molecule has 21 heavy (non-hydrogen) atoms. The number of hydrogen-bond acceptors (Lipinski definition) is 2. The van der Waals surface area contributed by atoms with Crippen LogP contribution in [0.4, 0.5) is 4.79 Å². The molecular formula is C16H14ClN3O. The number of amides is 2. The first-order valence-electron chi connectivity index (χ1n) is 6.62. The molecule has 0 spiro atoms. The number of benzene rings is 2. The van der Waals surface area contributed by atoms with Gasteiger partial charge in [0.15, 0.2) is 0 Å². The maximum Gasteiger partial charge on any atom is 0.335 e. The van der Waals surface area contributed by atoms with Gasteiger partial charge in [0.25, 0.3) is 0 Å². The zero-order valence-corrected chi connectivity index (χ0v) is 12.0. The summed E-state index contributed by atoms with van der Waals surface area (Å²) in [6.45, 7) is 0. The van der Waals surface area contributed by atoms with Gasteiger partial charge in [-0.2, -0.15) is 5.10 Å². The first-order valence-corrected chi connectivity index (χ1v) is 7.00. The van der Waals surface area contributed by atoms with Gasteiger partial charge >= 0.3 is 6.03 Å². The van der Waals surface area contributed by atoms with Crippen molar-refractivity contribution >= 4 is 23.3 Å². The maximum atomic E-state index is 11.6. The Bertz CT molecular complexity index is 682. The highest BCUT2D eigenvalue weighted by Gasteiger charge is 2.31. The van der Waals surface area contributed by atoms with E-state index in [0.717, 1.165) is 16.8 Å². The molecule has 0 saturated carbocycles. The Balaban J connectivity index is 1.93. The van der Waals surface area contributed by atoms with Crippen LogP contribution >= 0.6 is 11.6 Å². The first-order chi connectivity index (χ1) is 10.1. The highest BCUT2D eigenvalue weighted by Crippen LogP contribution is 2.32. The van der Waals surface area contributed by atoms with Gasteiger partial charge in [-0.05, 0) is 23.3 Å². The molecule has 2 aromatic carbocycles. The van der Waals surface area contributed by atoms with Crippen LogP contribution in [0.15, 0.2) is 59.7 Å². The molecule has 2 aromatic rings. The SMILES string of the molecule is NC(=O)N1N=C(c2ccc(Cl)cc2)C[C@@H]1c1ccccc1. The minimum Gasteiger partial charge on any atom is -0.350 e. The molecule has 0 bridgehead atoms. The standard InChI is InChI=1S/C16H14ClN3O/c17-13-8-6-11(7-9-13)14-10-15(20(19-14)16(18)21)12-4-2-1-3-5-12/h1-9,15H,10H2,(H2,18,21)/t15-/m1/s1. The minimum absolute atomic E-state index is 0.158. The fraction of sp³-hybridized carbons (Fsp3) is 0.125. The van der Waals surface area contributed by atoms with E-state index in [1.165, 1.54) is 5.01 Å². The average molecular weight is 300 g/mol. The van der Waals surface area contributed by atoms with Crippen LogP contribution in [0, 0.1) is 0 Å². The highest BCUT2D eigenvalue weighted by molar-refractivity contribution is 6.30. The van der Waals surface area contributed by atoms with Crippen molar-refractivity contribution in [2.75, 3.05) is 0 Å². The lowest BCUT2D eigenvalue weighted by atomic mass is 9.99. The van der Waals surface area contributed by atoms with E-state index in [4.69, 9.17) is 17.3 Å². The third-order valence-electron chi connectivity index (χ3n) is 3.50. The number of nitrogens with zero attached hydrogens (tertiary/aromatic N) is 2. The van der Waals surface area contributed by atoms with Crippen LogP contribution in [0.3, 0.4) is 0 Å². The summed E-state index contributed by atoms with van der Waals surface area (Å²) >= 11 is 5.90. The fourth-order valence-corrected chi connectivity index (χ4v) is 2.59. The zero-order chi connectivity index (χ0) is 14.8. The zero-order valence-electron chi connectivity index (χ0n) is 11.2. The third kappa shape index (κ3) is 2.76. The Morgan fingerprint density at radius 1 is 1.14 bits per heavy atom. The number of carbonyl (C=O) groups is 1. The molecule has 4 nitrogen and oxygen atoms in total. The monoisotopic (exact) mass is 299 g/mol. The van der Waals surface area contributed by atoms with E-state index in [-0.39, 0.29) is 6.04 Å². The smallest absolute Gasteiger partial charge is 0.335 e. The molecular weight excluding hydrogens is 286 g/mol. The Hall–Kier alpha value is -2.33. The molecule has 2 N–H and O–H groups in total. The van der Waals surface area contributed by atoms with Crippen molar-refractivity contribution in [1.82, 2.24) is 5.01 Å². The quantitative estimate of drug-likeness (QED) is 0.905. The lowest BCUT2D eigenvalue weighted by Gasteiger charge is -2.19. The minimum atomic E-state index is -0.548. The molecule has 1 heterocycles. The van der Waals surface area contributed by atoms with Crippen molar-refractivity contribution in [3.8, 4) is 0 Å². The van der Waals surface area contributed by atoms with E-state index in [1.807, 2.05) is 54.6 Å². The Morgan fingerprint density at radius 3 is 2.43 bits per heavy atom. The van der Waals surface area contributed by atoms with Crippen molar-refractivity contribution in [3.05, 3.63) is 70.7 Å². The van der Waals surface area contributed by atoms with Gasteiger partial charge in [-0.1, -0.05) is 54.1 Å². The summed E-state index contributed by atoms with van der Waals surface area (Å²) in [5.74, 6) is 0. The summed E-state index contributed by atoms with van der Waals surface area (Å²) < 4.78 is 0. The number of nitrogens with two attached hydrogens (primary N) is 1. The van der Waals surface area contributed by atoms with E-state index < -0.39 is 6.03 Å². The van der Waals surface area contributed by atoms with E-state index >= 15 is 0 Å². The summed E-state index contributed by atoms with van der Waals surface area (Å²) in [5.41, 5.74) is 8.25. The molecule has 0 aliphatic carbocycles. The second kappa shape index (κ2) is 5.58. The van der Waals surface area contributed by atoms with Gasteiger partial charge in [0.1, 0.15) is 0 Å². The molecule has 1 atom stereocenters. The van der Waals surface area contributed by atoms with Crippen LogP contribution in [0.5, 0.6) is 0 Å². The molecule has 1 aliphatic rings. The average Bonchev–Trinajstić information content (AvgIpc) is 2.94. The van der Waals surface area contributed by atoms with Crippen molar-refractivity contribution in [3.63, 3.8) is 0 Å². The van der Waals surface area contributed by atoms with Crippen LogP contribution in [-0.4, -0.2) is 16.8 Å². The lowest BCUT2D eigenvalue weighted by molar-refractivity contribution is 0.196. The van der Waals surface area contributed by atoms with E-state index in [2.05, 4.69) is 5.10 Å². The summed E-state index contributed by atoms with van der Waals surface area (Å²) in [4.78, 5) is 11.6. The molecule has 3 rings (SSSR count). The van der Waals surface area contributed by atoms with Crippen LogP contribution in [0.25, 0.3) is 0 Å². The maximum absolute atomic E-state index is 11.6. The van der Waals surface area contributed by atoms with Gasteiger partial charge in [0.05, 0.1) is 11.8 Å². The van der Waals surface area contributed by atoms with Crippen molar-refractivity contribution in [1.29, 1.82) is 0 Å². The second-order valence-electron chi connectivity index (χ2n) is 4.87. The fourth-order valence-electron chi connectivity index (χ4n) is 2.47. The predicted octanol–water partition coefficient (Wildman–Crippen LogP) is 3.57. The Morgan fingerprint density at radius 2 is 1.81 bits per heavy atom. The molecule has 1 aliphatic heterocycles. The van der Waals surface area contributed by atoms with Gasteiger partial charge in [0.2, 0.25) is 0 Å². The molecule has 0 unspecified atom stereocenters. The largest absolute Gasteiger partial charge is 0.350 e.